The third kappa shape index (κ3) is 4.40. The highest BCUT2D eigenvalue weighted by Gasteiger charge is 2.11. The molecule has 0 saturated carbocycles. The average Bonchev–Trinajstić information content (AvgIpc) is 3.27. The van der Waals surface area contributed by atoms with Gasteiger partial charge in [-0.25, -0.2) is 4.98 Å². The second-order valence-corrected chi connectivity index (χ2v) is 8.92. The van der Waals surface area contributed by atoms with Crippen molar-refractivity contribution in [3.05, 3.63) is 95.7 Å². The molecule has 0 bridgehead atoms. The zero-order chi connectivity index (χ0) is 22.8. The van der Waals surface area contributed by atoms with Crippen molar-refractivity contribution in [2.75, 3.05) is 10.6 Å². The smallest absolute Gasteiger partial charge is 0.229 e. The van der Waals surface area contributed by atoms with E-state index in [9.17, 15) is 0 Å². The van der Waals surface area contributed by atoms with Gasteiger partial charge >= 0.3 is 0 Å². The molecule has 6 heteroatoms. The van der Waals surface area contributed by atoms with Gasteiger partial charge in [-0.15, -0.1) is 11.3 Å². The van der Waals surface area contributed by atoms with Crippen LogP contribution < -0.4 is 10.6 Å². The van der Waals surface area contributed by atoms with Crippen molar-refractivity contribution in [3.63, 3.8) is 0 Å². The predicted octanol–water partition coefficient (Wildman–Crippen LogP) is 7.33. The highest BCUT2D eigenvalue weighted by molar-refractivity contribution is 7.22. The number of nitriles is 1. The molecule has 2 aromatic heterocycles. The SMILES string of the molecule is Cc1cc(-c2cc3ccccc3s2)cc(C)c1Nc1ccnc(Nc2ccc(C#N)cc2)n1. The Morgan fingerprint density at radius 1 is 0.879 bits per heavy atom. The molecule has 0 radical (unpaired) electrons. The van der Waals surface area contributed by atoms with Crippen molar-refractivity contribution < 1.29 is 0 Å². The summed E-state index contributed by atoms with van der Waals surface area (Å²) in [7, 11) is 0. The molecule has 0 aliphatic heterocycles. The molecule has 5 aromatic rings. The highest BCUT2D eigenvalue weighted by Crippen LogP contribution is 2.36. The Morgan fingerprint density at radius 3 is 2.36 bits per heavy atom. The van der Waals surface area contributed by atoms with Crippen molar-refractivity contribution in [1.29, 1.82) is 5.26 Å². The van der Waals surface area contributed by atoms with Crippen LogP contribution >= 0.6 is 11.3 Å². The first kappa shape index (κ1) is 20.7. The van der Waals surface area contributed by atoms with Gasteiger partial charge in [0.1, 0.15) is 5.82 Å². The standard InChI is InChI=1S/C27H21N5S/c1-17-13-21(24-15-20-5-3-4-6-23(20)33-24)14-18(2)26(17)31-25-11-12-29-27(32-25)30-22-9-7-19(16-28)8-10-22/h3-15H,1-2H3,(H2,29,30,31,32). The molecule has 5 nitrogen and oxygen atoms in total. The molecule has 160 valence electrons. The van der Waals surface area contributed by atoms with Gasteiger partial charge in [0.15, 0.2) is 0 Å². The van der Waals surface area contributed by atoms with Crippen molar-refractivity contribution >= 4 is 44.6 Å². The lowest BCUT2D eigenvalue weighted by atomic mass is 10.0. The van der Waals surface area contributed by atoms with E-state index in [0.29, 0.717) is 17.3 Å². The number of benzene rings is 3. The van der Waals surface area contributed by atoms with Crippen LogP contribution in [0.15, 0.2) is 79.0 Å². The van der Waals surface area contributed by atoms with Gasteiger partial charge in [-0.1, -0.05) is 18.2 Å². The number of aryl methyl sites for hydroxylation is 2. The lowest BCUT2D eigenvalue weighted by Crippen LogP contribution is -2.02. The zero-order valence-electron chi connectivity index (χ0n) is 18.3. The first-order valence-electron chi connectivity index (χ1n) is 10.6. The Hall–Kier alpha value is -4.21. The number of nitrogens with one attached hydrogen (secondary N) is 2. The minimum Gasteiger partial charge on any atom is -0.340 e. The van der Waals surface area contributed by atoms with Crippen LogP contribution in [-0.4, -0.2) is 9.97 Å². The number of hydrogen-bond acceptors (Lipinski definition) is 6. The summed E-state index contributed by atoms with van der Waals surface area (Å²) in [4.78, 5) is 10.2. The first-order chi connectivity index (χ1) is 16.1. The molecule has 2 N–H and O–H groups in total. The molecule has 0 unspecified atom stereocenters. The van der Waals surface area contributed by atoms with Crippen LogP contribution in [0.3, 0.4) is 0 Å². The van der Waals surface area contributed by atoms with Gasteiger partial charge in [-0.05, 0) is 90.5 Å². The van der Waals surface area contributed by atoms with Gasteiger partial charge in [0.25, 0.3) is 0 Å². The fourth-order valence-corrected chi connectivity index (χ4v) is 4.85. The summed E-state index contributed by atoms with van der Waals surface area (Å²) in [5.74, 6) is 1.20. The molecule has 33 heavy (non-hydrogen) atoms. The molecule has 3 aromatic carbocycles. The summed E-state index contributed by atoms with van der Waals surface area (Å²) in [6.07, 6.45) is 1.72. The quantitative estimate of drug-likeness (QED) is 0.295. The molecule has 0 aliphatic carbocycles. The highest BCUT2D eigenvalue weighted by atomic mass is 32.1. The summed E-state index contributed by atoms with van der Waals surface area (Å²) in [6.45, 7) is 4.23. The molecular formula is C27H21N5S. The maximum atomic E-state index is 8.95. The Morgan fingerprint density at radius 2 is 1.64 bits per heavy atom. The van der Waals surface area contributed by atoms with Gasteiger partial charge in [-0.3, -0.25) is 0 Å². The van der Waals surface area contributed by atoms with Gasteiger partial charge in [0.05, 0.1) is 11.6 Å². The minimum absolute atomic E-state index is 0.488. The summed E-state index contributed by atoms with van der Waals surface area (Å²) in [6, 6.07) is 26.3. The van der Waals surface area contributed by atoms with Crippen molar-refractivity contribution in [1.82, 2.24) is 9.97 Å². The largest absolute Gasteiger partial charge is 0.340 e. The van der Waals surface area contributed by atoms with E-state index in [2.05, 4.69) is 83.0 Å². The van der Waals surface area contributed by atoms with E-state index in [1.165, 1.54) is 20.5 Å². The van der Waals surface area contributed by atoms with Crippen LogP contribution in [0.5, 0.6) is 0 Å². The van der Waals surface area contributed by atoms with Crippen LogP contribution in [0.4, 0.5) is 23.1 Å². The number of rotatable bonds is 5. The van der Waals surface area contributed by atoms with Crippen molar-refractivity contribution in [3.8, 4) is 16.5 Å². The fraction of sp³-hybridized carbons (Fsp3) is 0.0741. The molecule has 0 aliphatic rings. The van der Waals surface area contributed by atoms with Crippen LogP contribution in [0, 0.1) is 25.2 Å². The molecule has 0 amide bonds. The van der Waals surface area contributed by atoms with E-state index in [0.717, 1.165) is 22.5 Å². The fourth-order valence-electron chi connectivity index (χ4n) is 3.80. The number of nitrogens with zero attached hydrogens (tertiary/aromatic N) is 3. The van der Waals surface area contributed by atoms with Crippen molar-refractivity contribution in [2.45, 2.75) is 13.8 Å². The van der Waals surface area contributed by atoms with E-state index in [4.69, 9.17) is 5.26 Å². The van der Waals surface area contributed by atoms with E-state index >= 15 is 0 Å². The van der Waals surface area contributed by atoms with E-state index in [-0.39, 0.29) is 0 Å². The van der Waals surface area contributed by atoms with Gasteiger partial charge in [-0.2, -0.15) is 10.2 Å². The Bertz CT molecular complexity index is 1440. The monoisotopic (exact) mass is 447 g/mol. The third-order valence-corrected chi connectivity index (χ3v) is 6.59. The second kappa shape index (κ2) is 8.73. The number of hydrogen-bond donors (Lipinski definition) is 2. The maximum absolute atomic E-state index is 8.95. The van der Waals surface area contributed by atoms with Crippen LogP contribution in [0.2, 0.25) is 0 Å². The predicted molar refractivity (Wildman–Crippen MR) is 136 cm³/mol. The van der Waals surface area contributed by atoms with E-state index < -0.39 is 0 Å². The molecule has 5 rings (SSSR count). The minimum atomic E-state index is 0.488. The van der Waals surface area contributed by atoms with Gasteiger partial charge in [0, 0.05) is 27.1 Å². The van der Waals surface area contributed by atoms with Gasteiger partial charge in [0.2, 0.25) is 5.95 Å². The van der Waals surface area contributed by atoms with E-state index in [1.807, 2.05) is 29.5 Å². The number of fused-ring (bicyclic) bond motifs is 1. The maximum Gasteiger partial charge on any atom is 0.229 e. The lowest BCUT2D eigenvalue weighted by Gasteiger charge is -2.14. The molecule has 0 spiro atoms. The third-order valence-electron chi connectivity index (χ3n) is 5.42. The van der Waals surface area contributed by atoms with Crippen molar-refractivity contribution in [2.24, 2.45) is 0 Å². The Labute approximate surface area is 196 Å². The Kier molecular flexibility index (Phi) is 5.47. The van der Waals surface area contributed by atoms with E-state index in [1.54, 1.807) is 18.3 Å². The Balaban J connectivity index is 1.39. The molecule has 0 fully saturated rings. The summed E-state index contributed by atoms with van der Waals surface area (Å²) in [5.41, 5.74) is 6.02. The summed E-state index contributed by atoms with van der Waals surface area (Å²) < 4.78 is 1.30. The number of aromatic nitrogens is 2. The molecular weight excluding hydrogens is 426 g/mol. The van der Waals surface area contributed by atoms with Crippen LogP contribution in [-0.2, 0) is 0 Å². The second-order valence-electron chi connectivity index (χ2n) is 7.84. The molecule has 2 heterocycles. The van der Waals surface area contributed by atoms with Gasteiger partial charge < -0.3 is 10.6 Å². The summed E-state index contributed by atoms with van der Waals surface area (Å²) >= 11 is 1.82. The van der Waals surface area contributed by atoms with Crippen LogP contribution in [0.1, 0.15) is 16.7 Å². The van der Waals surface area contributed by atoms with Crippen LogP contribution in [0.25, 0.3) is 20.5 Å². The number of thiophene rings is 1. The first-order valence-corrected chi connectivity index (χ1v) is 11.4. The topological polar surface area (TPSA) is 73.6 Å². The normalized spacial score (nSPS) is 10.7. The average molecular weight is 448 g/mol. The molecule has 0 atom stereocenters. The number of anilines is 4. The lowest BCUT2D eigenvalue weighted by molar-refractivity contribution is 1.16. The summed E-state index contributed by atoms with van der Waals surface area (Å²) in [5, 5.41) is 16.9. The zero-order valence-corrected chi connectivity index (χ0v) is 19.1. The molecule has 0 saturated heterocycles.